The highest BCUT2D eigenvalue weighted by molar-refractivity contribution is 8.01. The maximum absolute atomic E-state index is 4.51. The maximum Gasteiger partial charge on any atom is 0.106 e. The molecule has 18 heavy (non-hydrogen) atoms. The van der Waals surface area contributed by atoms with Gasteiger partial charge in [0.15, 0.2) is 0 Å². The van der Waals surface area contributed by atoms with Gasteiger partial charge in [0.2, 0.25) is 0 Å². The molecule has 1 atom stereocenters. The molecule has 2 aromatic rings. The Morgan fingerprint density at radius 1 is 1.39 bits per heavy atom. The highest BCUT2D eigenvalue weighted by Crippen LogP contribution is 2.33. The van der Waals surface area contributed by atoms with Crippen LogP contribution in [-0.4, -0.2) is 11.5 Å². The Morgan fingerprint density at radius 3 is 3.00 bits per heavy atom. The molecule has 1 N–H and O–H groups in total. The highest BCUT2D eigenvalue weighted by Gasteiger charge is 2.12. The summed E-state index contributed by atoms with van der Waals surface area (Å²) in [6, 6.07) is 8.74. The van der Waals surface area contributed by atoms with Crippen molar-refractivity contribution in [1.29, 1.82) is 0 Å². The largest absolute Gasteiger partial charge is 0.310 e. The molecule has 0 spiro atoms. The molecule has 0 aromatic carbocycles. The third-order valence-corrected chi connectivity index (χ3v) is 4.73. The Kier molecular flexibility index (Phi) is 5.23. The van der Waals surface area contributed by atoms with Crippen LogP contribution in [0, 0.1) is 0 Å². The fourth-order valence-corrected chi connectivity index (χ4v) is 3.56. The van der Waals surface area contributed by atoms with Crippen LogP contribution in [0.2, 0.25) is 0 Å². The van der Waals surface area contributed by atoms with E-state index in [0.29, 0.717) is 6.04 Å². The number of nitrogens with zero attached hydrogens (tertiary/aromatic N) is 1. The fourth-order valence-electron chi connectivity index (χ4n) is 1.71. The summed E-state index contributed by atoms with van der Waals surface area (Å²) in [6.45, 7) is 5.43. The summed E-state index contributed by atoms with van der Waals surface area (Å²) in [7, 11) is 0. The molecule has 0 aliphatic heterocycles. The number of thiophene rings is 1. The Bertz CT molecular complexity index is 468. The minimum Gasteiger partial charge on any atom is -0.310 e. The Labute approximate surface area is 117 Å². The van der Waals surface area contributed by atoms with Crippen LogP contribution >= 0.6 is 23.1 Å². The van der Waals surface area contributed by atoms with E-state index in [1.807, 2.05) is 12.3 Å². The van der Waals surface area contributed by atoms with E-state index in [4.69, 9.17) is 0 Å². The van der Waals surface area contributed by atoms with Gasteiger partial charge < -0.3 is 5.32 Å². The van der Waals surface area contributed by atoms with Gasteiger partial charge in [0.05, 0.1) is 4.21 Å². The molecule has 4 heteroatoms. The summed E-state index contributed by atoms with van der Waals surface area (Å²) in [4.78, 5) is 4.51. The number of nitrogens with one attached hydrogen (secondary N) is 1. The quantitative estimate of drug-likeness (QED) is 0.850. The molecule has 0 amide bonds. The lowest BCUT2D eigenvalue weighted by Gasteiger charge is -2.16. The average molecular weight is 278 g/mol. The lowest BCUT2D eigenvalue weighted by molar-refractivity contribution is 0.560. The van der Waals surface area contributed by atoms with Gasteiger partial charge in [-0.2, -0.15) is 0 Å². The predicted octanol–water partition coefficient (Wildman–Crippen LogP) is 4.35. The number of hydrogen-bond donors (Lipinski definition) is 1. The second-order valence-electron chi connectivity index (χ2n) is 4.11. The summed E-state index contributed by atoms with van der Waals surface area (Å²) >= 11 is 3.51. The van der Waals surface area contributed by atoms with Crippen LogP contribution in [0.1, 0.15) is 31.9 Å². The van der Waals surface area contributed by atoms with Gasteiger partial charge in [0.1, 0.15) is 5.03 Å². The lowest BCUT2D eigenvalue weighted by Crippen LogP contribution is -2.20. The van der Waals surface area contributed by atoms with Crippen molar-refractivity contribution >= 4 is 23.1 Å². The average Bonchev–Trinajstić information content (AvgIpc) is 2.89. The smallest absolute Gasteiger partial charge is 0.106 e. The summed E-state index contributed by atoms with van der Waals surface area (Å²) < 4.78 is 1.29. The van der Waals surface area contributed by atoms with Crippen molar-refractivity contribution in [3.8, 4) is 0 Å². The standard InChI is InChI=1S/C14H18N2S2/c1-3-8-15-11(2)12-6-4-9-16-14(12)18-13-7-5-10-17-13/h4-7,9-11,15H,3,8H2,1-2H3. The molecule has 2 heterocycles. The van der Waals surface area contributed by atoms with Crippen molar-refractivity contribution in [2.45, 2.75) is 35.5 Å². The number of hydrogen-bond acceptors (Lipinski definition) is 4. The van der Waals surface area contributed by atoms with Gasteiger partial charge >= 0.3 is 0 Å². The molecule has 0 radical (unpaired) electrons. The van der Waals surface area contributed by atoms with Crippen molar-refractivity contribution in [3.63, 3.8) is 0 Å². The molecule has 0 aliphatic carbocycles. The number of aromatic nitrogens is 1. The molecule has 0 bridgehead atoms. The Hall–Kier alpha value is -0.840. The van der Waals surface area contributed by atoms with E-state index in [1.165, 1.54) is 9.77 Å². The first-order valence-electron chi connectivity index (χ1n) is 6.21. The zero-order valence-electron chi connectivity index (χ0n) is 10.7. The zero-order chi connectivity index (χ0) is 12.8. The molecule has 96 valence electrons. The van der Waals surface area contributed by atoms with E-state index >= 15 is 0 Å². The van der Waals surface area contributed by atoms with Crippen molar-refractivity contribution < 1.29 is 0 Å². The van der Waals surface area contributed by atoms with Crippen molar-refractivity contribution in [2.24, 2.45) is 0 Å². The maximum atomic E-state index is 4.51. The molecule has 0 aliphatic rings. The van der Waals surface area contributed by atoms with Crippen LogP contribution in [0.25, 0.3) is 0 Å². The van der Waals surface area contributed by atoms with E-state index < -0.39 is 0 Å². The summed E-state index contributed by atoms with van der Waals surface area (Å²) in [5.41, 5.74) is 1.28. The monoisotopic (exact) mass is 278 g/mol. The third-order valence-electron chi connectivity index (χ3n) is 2.66. The normalized spacial score (nSPS) is 12.6. The van der Waals surface area contributed by atoms with Gasteiger partial charge in [0, 0.05) is 17.8 Å². The highest BCUT2D eigenvalue weighted by atomic mass is 32.2. The molecule has 0 saturated heterocycles. The van der Waals surface area contributed by atoms with Crippen LogP contribution in [0.3, 0.4) is 0 Å². The summed E-state index contributed by atoms with van der Waals surface area (Å²) in [5.74, 6) is 0. The van der Waals surface area contributed by atoms with Crippen molar-refractivity contribution in [3.05, 3.63) is 41.4 Å². The Morgan fingerprint density at radius 2 is 2.28 bits per heavy atom. The van der Waals surface area contributed by atoms with E-state index in [0.717, 1.165) is 18.0 Å². The van der Waals surface area contributed by atoms with Gasteiger partial charge in [-0.15, -0.1) is 11.3 Å². The van der Waals surface area contributed by atoms with E-state index in [1.54, 1.807) is 23.1 Å². The number of pyridine rings is 1. The van der Waals surface area contributed by atoms with E-state index in [-0.39, 0.29) is 0 Å². The predicted molar refractivity (Wildman–Crippen MR) is 79.4 cm³/mol. The second-order valence-corrected chi connectivity index (χ2v) is 6.34. The van der Waals surface area contributed by atoms with Gasteiger partial charge in [-0.05, 0) is 37.4 Å². The molecule has 0 saturated carbocycles. The molecule has 0 fully saturated rings. The SMILES string of the molecule is CCCNC(C)c1cccnc1Sc1cccs1. The number of rotatable bonds is 6. The molecular weight excluding hydrogens is 260 g/mol. The minimum atomic E-state index is 0.348. The first kappa shape index (κ1) is 13.6. The fraction of sp³-hybridized carbons (Fsp3) is 0.357. The molecule has 2 nitrogen and oxygen atoms in total. The van der Waals surface area contributed by atoms with Gasteiger partial charge in [-0.1, -0.05) is 30.8 Å². The molecule has 1 unspecified atom stereocenters. The second kappa shape index (κ2) is 6.92. The topological polar surface area (TPSA) is 24.9 Å². The Balaban J connectivity index is 2.14. The minimum absolute atomic E-state index is 0.348. The van der Waals surface area contributed by atoms with Crippen LogP contribution < -0.4 is 5.32 Å². The van der Waals surface area contributed by atoms with Crippen molar-refractivity contribution in [1.82, 2.24) is 10.3 Å². The van der Waals surface area contributed by atoms with Crippen LogP contribution in [0.5, 0.6) is 0 Å². The molecule has 2 rings (SSSR count). The van der Waals surface area contributed by atoms with Crippen LogP contribution in [0.15, 0.2) is 45.1 Å². The first-order chi connectivity index (χ1) is 8.81. The van der Waals surface area contributed by atoms with Gasteiger partial charge in [-0.3, -0.25) is 0 Å². The van der Waals surface area contributed by atoms with Gasteiger partial charge in [-0.25, -0.2) is 4.98 Å². The van der Waals surface area contributed by atoms with E-state index in [9.17, 15) is 0 Å². The van der Waals surface area contributed by atoms with Gasteiger partial charge in [0.25, 0.3) is 0 Å². The zero-order valence-corrected chi connectivity index (χ0v) is 12.4. The first-order valence-corrected chi connectivity index (χ1v) is 7.90. The molecule has 2 aromatic heterocycles. The summed E-state index contributed by atoms with van der Waals surface area (Å²) in [6.07, 6.45) is 3.02. The molecular formula is C14H18N2S2. The lowest BCUT2D eigenvalue weighted by atomic mass is 10.1. The van der Waals surface area contributed by atoms with E-state index in [2.05, 4.69) is 47.7 Å². The third kappa shape index (κ3) is 3.57. The van der Waals surface area contributed by atoms with Crippen LogP contribution in [0.4, 0.5) is 0 Å². The van der Waals surface area contributed by atoms with Crippen LogP contribution in [-0.2, 0) is 0 Å². The van der Waals surface area contributed by atoms with Crippen molar-refractivity contribution in [2.75, 3.05) is 6.54 Å². The summed E-state index contributed by atoms with van der Waals surface area (Å²) in [5, 5.41) is 6.73.